The van der Waals surface area contributed by atoms with Crippen LogP contribution >= 0.6 is 0 Å². The lowest BCUT2D eigenvalue weighted by atomic mass is 9.95. The van der Waals surface area contributed by atoms with Crippen molar-refractivity contribution in [1.82, 2.24) is 0 Å². The Labute approximate surface area is 84.1 Å². The second kappa shape index (κ2) is 4.25. The fourth-order valence-electron chi connectivity index (χ4n) is 0.930. The maximum absolute atomic E-state index is 11.8. The molecule has 0 aromatic heterocycles. The first kappa shape index (κ1) is 11.4. The summed E-state index contributed by atoms with van der Waals surface area (Å²) in [4.78, 5) is 10.7. The highest BCUT2D eigenvalue weighted by Crippen LogP contribution is 2.16. The minimum absolute atomic E-state index is 0.0227. The Hall–Kier alpha value is -1.66. The van der Waals surface area contributed by atoms with Crippen LogP contribution in [0.15, 0.2) is 24.3 Å². The second-order valence-corrected chi connectivity index (χ2v) is 2.91. The molecule has 0 aliphatic rings. The molecule has 0 spiro atoms. The number of rotatable bonds is 4. The molecule has 0 saturated heterocycles. The highest BCUT2D eigenvalue weighted by molar-refractivity contribution is 6.58. The number of hydrogen-bond acceptors (Lipinski definition) is 2. The Bertz CT molecular complexity index is 367. The number of amides is 1. The van der Waals surface area contributed by atoms with Crippen molar-refractivity contribution in [1.29, 1.82) is 0 Å². The molecule has 7 heteroatoms. The van der Waals surface area contributed by atoms with Gasteiger partial charge in [0, 0.05) is 5.56 Å². The summed E-state index contributed by atoms with van der Waals surface area (Å²) in [5.41, 5.74) is 5.06. The number of carbonyl (C=O) groups excluding carboxylic acids is 1. The van der Waals surface area contributed by atoms with Crippen LogP contribution in [0.3, 0.4) is 0 Å². The van der Waals surface area contributed by atoms with E-state index in [9.17, 15) is 17.7 Å². The van der Waals surface area contributed by atoms with E-state index < -0.39 is 19.4 Å². The normalized spacial score (nSPS) is 11.1. The van der Waals surface area contributed by atoms with Gasteiger partial charge in [0.25, 0.3) is 0 Å². The van der Waals surface area contributed by atoms with Gasteiger partial charge in [0.1, 0.15) is 5.75 Å². The summed E-state index contributed by atoms with van der Waals surface area (Å²) in [6.07, 6.45) is 0. The minimum atomic E-state index is -5.00. The van der Waals surface area contributed by atoms with Gasteiger partial charge in [-0.3, -0.25) is 4.79 Å². The van der Waals surface area contributed by atoms with Crippen LogP contribution in [0, 0.1) is 0 Å². The molecule has 0 atom stereocenters. The number of ether oxygens (including phenoxy) is 1. The van der Waals surface area contributed by atoms with Crippen molar-refractivity contribution < 1.29 is 22.5 Å². The van der Waals surface area contributed by atoms with Crippen molar-refractivity contribution in [2.24, 2.45) is 5.73 Å². The van der Waals surface area contributed by atoms with Gasteiger partial charge in [-0.1, -0.05) is 6.07 Å². The lowest BCUT2D eigenvalue weighted by Gasteiger charge is -2.15. The van der Waals surface area contributed by atoms with Crippen LogP contribution in [-0.2, 0) is 0 Å². The van der Waals surface area contributed by atoms with E-state index in [0.717, 1.165) is 0 Å². The molecular formula is C8H8BF3NO2-. The highest BCUT2D eigenvalue weighted by atomic mass is 19.4. The Balaban J connectivity index is 2.70. The quantitative estimate of drug-likeness (QED) is 0.779. The van der Waals surface area contributed by atoms with Crippen molar-refractivity contribution >= 4 is 12.9 Å². The van der Waals surface area contributed by atoms with Crippen molar-refractivity contribution in [2.75, 3.05) is 6.51 Å². The van der Waals surface area contributed by atoms with Crippen LogP contribution in [0.5, 0.6) is 5.75 Å². The Morgan fingerprint density at radius 1 is 1.40 bits per heavy atom. The van der Waals surface area contributed by atoms with Crippen LogP contribution in [0.1, 0.15) is 10.4 Å². The van der Waals surface area contributed by atoms with Crippen LogP contribution in [0.25, 0.3) is 0 Å². The fraction of sp³-hybridized carbons (Fsp3) is 0.125. The van der Waals surface area contributed by atoms with E-state index in [-0.39, 0.29) is 11.3 Å². The first-order chi connectivity index (χ1) is 6.88. The van der Waals surface area contributed by atoms with Crippen molar-refractivity contribution in [3.05, 3.63) is 29.8 Å². The van der Waals surface area contributed by atoms with Crippen LogP contribution in [0.4, 0.5) is 12.9 Å². The second-order valence-electron chi connectivity index (χ2n) is 2.91. The predicted molar refractivity (Wildman–Crippen MR) is 49.5 cm³/mol. The van der Waals surface area contributed by atoms with E-state index in [0.29, 0.717) is 0 Å². The molecule has 1 rings (SSSR count). The summed E-state index contributed by atoms with van der Waals surface area (Å²) < 4.78 is 40.0. The molecule has 0 fully saturated rings. The number of carbonyl (C=O) groups is 1. The smallest absolute Gasteiger partial charge is 0.515 e. The standard InChI is InChI=1S/C8H8BF3NO2/c10-9(11,12)5-15-7-3-1-2-6(4-7)8(13)14/h1-4H,5H2,(H2,13,14)/q-1. The van der Waals surface area contributed by atoms with E-state index >= 15 is 0 Å². The number of nitrogens with two attached hydrogens (primary N) is 1. The average molecular weight is 218 g/mol. The molecule has 0 saturated carbocycles. The van der Waals surface area contributed by atoms with Crippen LogP contribution < -0.4 is 10.5 Å². The molecular weight excluding hydrogens is 210 g/mol. The van der Waals surface area contributed by atoms with Gasteiger partial charge in [-0.2, -0.15) is 0 Å². The predicted octanol–water partition coefficient (Wildman–Crippen LogP) is 1.55. The largest absolute Gasteiger partial charge is 0.522 e. The highest BCUT2D eigenvalue weighted by Gasteiger charge is 2.24. The molecule has 0 aliphatic heterocycles. The first-order valence-electron chi connectivity index (χ1n) is 4.12. The van der Waals surface area contributed by atoms with Gasteiger partial charge >= 0.3 is 6.98 Å². The van der Waals surface area contributed by atoms with E-state index in [1.54, 1.807) is 0 Å². The van der Waals surface area contributed by atoms with Gasteiger partial charge in [-0.15, -0.1) is 0 Å². The summed E-state index contributed by atoms with van der Waals surface area (Å²) in [6.45, 7) is -6.33. The molecule has 3 nitrogen and oxygen atoms in total. The molecule has 0 heterocycles. The molecule has 15 heavy (non-hydrogen) atoms. The lowest BCUT2D eigenvalue weighted by Crippen LogP contribution is -2.26. The van der Waals surface area contributed by atoms with Gasteiger partial charge in [0.2, 0.25) is 5.91 Å². The molecule has 2 N–H and O–H groups in total. The maximum atomic E-state index is 11.8. The zero-order valence-electron chi connectivity index (χ0n) is 7.62. The van der Waals surface area contributed by atoms with E-state index in [1.807, 2.05) is 0 Å². The Morgan fingerprint density at radius 2 is 2.07 bits per heavy atom. The fourth-order valence-corrected chi connectivity index (χ4v) is 0.930. The summed E-state index contributed by atoms with van der Waals surface area (Å²) in [6, 6.07) is 5.30. The number of halogens is 3. The Morgan fingerprint density at radius 3 is 2.60 bits per heavy atom. The van der Waals surface area contributed by atoms with Crippen molar-refractivity contribution in [3.63, 3.8) is 0 Å². The van der Waals surface area contributed by atoms with Gasteiger partial charge in [-0.05, 0) is 18.2 Å². The van der Waals surface area contributed by atoms with Gasteiger partial charge in [0.15, 0.2) is 0 Å². The SMILES string of the molecule is NC(=O)c1cccc(OC[B-](F)(F)F)c1. The zero-order chi connectivity index (χ0) is 11.5. The molecule has 0 bridgehead atoms. The zero-order valence-corrected chi connectivity index (χ0v) is 7.62. The topological polar surface area (TPSA) is 52.3 Å². The average Bonchev–Trinajstić information content (AvgIpc) is 2.14. The Kier molecular flexibility index (Phi) is 3.23. The number of benzene rings is 1. The summed E-state index contributed by atoms with van der Waals surface area (Å²) in [7, 11) is 0. The van der Waals surface area contributed by atoms with Crippen molar-refractivity contribution in [3.8, 4) is 5.75 Å². The lowest BCUT2D eigenvalue weighted by molar-refractivity contribution is 0.1000. The number of hydrogen-bond donors (Lipinski definition) is 1. The summed E-state index contributed by atoms with van der Waals surface area (Å²) in [5.74, 6) is -0.733. The molecule has 0 radical (unpaired) electrons. The third-order valence-electron chi connectivity index (χ3n) is 1.56. The van der Waals surface area contributed by atoms with E-state index in [1.165, 1.54) is 24.3 Å². The first-order valence-corrected chi connectivity index (χ1v) is 4.12. The van der Waals surface area contributed by atoms with Crippen molar-refractivity contribution in [2.45, 2.75) is 0 Å². The molecule has 1 amide bonds. The van der Waals surface area contributed by atoms with E-state index in [4.69, 9.17) is 5.73 Å². The maximum Gasteiger partial charge on any atom is 0.515 e. The number of primary amides is 1. The summed E-state index contributed by atoms with van der Waals surface area (Å²) in [5, 5.41) is 0. The van der Waals surface area contributed by atoms with Gasteiger partial charge < -0.3 is 23.4 Å². The van der Waals surface area contributed by atoms with Gasteiger partial charge in [0.05, 0.1) is 6.51 Å². The van der Waals surface area contributed by atoms with E-state index in [2.05, 4.69) is 4.74 Å². The molecule has 0 unspecified atom stereocenters. The molecule has 1 aromatic carbocycles. The van der Waals surface area contributed by atoms with Crippen LogP contribution in [0.2, 0.25) is 0 Å². The summed E-state index contributed by atoms with van der Waals surface area (Å²) >= 11 is 0. The molecule has 82 valence electrons. The molecule has 1 aromatic rings. The monoisotopic (exact) mass is 218 g/mol. The van der Waals surface area contributed by atoms with Crippen LogP contribution in [-0.4, -0.2) is 19.4 Å². The van der Waals surface area contributed by atoms with Gasteiger partial charge in [-0.25, -0.2) is 0 Å². The third-order valence-corrected chi connectivity index (χ3v) is 1.56. The molecule has 0 aliphatic carbocycles. The third kappa shape index (κ3) is 3.93. The minimum Gasteiger partial charge on any atom is -0.522 e.